The van der Waals surface area contributed by atoms with Gasteiger partial charge in [-0.2, -0.15) is 0 Å². The van der Waals surface area contributed by atoms with Crippen LogP contribution < -0.4 is 5.32 Å². The number of para-hydroxylation sites is 1. The Labute approximate surface area is 179 Å². The second-order valence-corrected chi connectivity index (χ2v) is 9.52. The van der Waals surface area contributed by atoms with Crippen LogP contribution in [0.5, 0.6) is 0 Å². The van der Waals surface area contributed by atoms with Crippen molar-refractivity contribution in [3.05, 3.63) is 65.9 Å². The fraction of sp³-hybridized carbons (Fsp3) is 0.375. The van der Waals surface area contributed by atoms with Gasteiger partial charge in [0.1, 0.15) is 0 Å². The number of hydrogen-bond donors (Lipinski definition) is 2. The van der Waals surface area contributed by atoms with Crippen LogP contribution in [-0.2, 0) is 32.5 Å². The van der Waals surface area contributed by atoms with Crippen molar-refractivity contribution < 1.29 is 13.7 Å². The number of rotatable bonds is 8. The van der Waals surface area contributed by atoms with Crippen LogP contribution in [0.2, 0.25) is 0 Å². The van der Waals surface area contributed by atoms with Crippen molar-refractivity contribution >= 4 is 33.3 Å². The fourth-order valence-corrected chi connectivity index (χ4v) is 5.42. The number of anilines is 1. The van der Waals surface area contributed by atoms with Gasteiger partial charge in [0.2, 0.25) is 5.91 Å². The number of aryl methyl sites for hydroxylation is 1. The number of carbonyl (C=O) groups excluding carboxylic acids is 1. The molecule has 6 heteroatoms. The molecule has 5 nitrogen and oxygen atoms in total. The lowest BCUT2D eigenvalue weighted by Crippen LogP contribution is -2.25. The van der Waals surface area contributed by atoms with E-state index in [-0.39, 0.29) is 11.2 Å². The zero-order chi connectivity index (χ0) is 20.8. The molecule has 1 aliphatic heterocycles. The molecule has 158 valence electrons. The summed E-state index contributed by atoms with van der Waals surface area (Å²) < 4.78 is 18.0. The summed E-state index contributed by atoms with van der Waals surface area (Å²) in [6.07, 6.45) is 5.88. The first-order valence-electron chi connectivity index (χ1n) is 10.6. The molecule has 1 aromatic heterocycles. The third-order valence-electron chi connectivity index (χ3n) is 5.58. The lowest BCUT2D eigenvalue weighted by atomic mass is 10.1. The summed E-state index contributed by atoms with van der Waals surface area (Å²) in [6.45, 7) is 1.40. The van der Waals surface area contributed by atoms with Crippen LogP contribution in [0.4, 0.5) is 5.69 Å². The zero-order valence-corrected chi connectivity index (χ0v) is 17.9. The van der Waals surface area contributed by atoms with Gasteiger partial charge in [-0.15, -0.1) is 0 Å². The van der Waals surface area contributed by atoms with Gasteiger partial charge in [-0.3, -0.25) is 9.00 Å². The molecule has 4 rings (SSSR count). The molecular weight excluding hydrogens is 396 g/mol. The Kier molecular flexibility index (Phi) is 6.97. The van der Waals surface area contributed by atoms with E-state index in [0.717, 1.165) is 42.5 Å². The molecule has 30 heavy (non-hydrogen) atoms. The van der Waals surface area contributed by atoms with E-state index in [1.165, 1.54) is 10.9 Å². The number of aromatic nitrogens is 1. The Hall–Kier alpha value is -2.44. The molecule has 2 aromatic carbocycles. The minimum absolute atomic E-state index is 0.0116. The lowest BCUT2D eigenvalue weighted by Gasteiger charge is -2.21. The second-order valence-electron chi connectivity index (χ2n) is 7.80. The molecular formula is C24H28N2O3S. The minimum Gasteiger partial charge on any atom is -0.381 e. The molecule has 0 aliphatic carbocycles. The first kappa shape index (κ1) is 20.8. The average Bonchev–Trinajstić information content (AvgIpc) is 3.18. The topological polar surface area (TPSA) is 71.2 Å². The summed E-state index contributed by atoms with van der Waals surface area (Å²) in [4.78, 5) is 15.7. The number of amides is 1. The third-order valence-corrected chi connectivity index (χ3v) is 7.42. The highest BCUT2D eigenvalue weighted by Gasteiger charge is 2.20. The first-order chi connectivity index (χ1) is 14.7. The van der Waals surface area contributed by atoms with Crippen molar-refractivity contribution in [2.45, 2.75) is 43.1 Å². The first-order valence-corrected chi connectivity index (χ1v) is 12.0. The number of aromatic amines is 1. The molecule has 2 heterocycles. The fourth-order valence-electron chi connectivity index (χ4n) is 3.96. The van der Waals surface area contributed by atoms with E-state index < -0.39 is 10.8 Å². The quantitative estimate of drug-likeness (QED) is 0.557. The van der Waals surface area contributed by atoms with Gasteiger partial charge in [0.25, 0.3) is 0 Å². The Balaban J connectivity index is 1.27. The van der Waals surface area contributed by atoms with Crippen LogP contribution in [0.25, 0.3) is 10.9 Å². The van der Waals surface area contributed by atoms with Gasteiger partial charge in [-0.05, 0) is 55.0 Å². The highest BCUT2D eigenvalue weighted by molar-refractivity contribution is 7.84. The van der Waals surface area contributed by atoms with Crippen molar-refractivity contribution in [1.29, 1.82) is 0 Å². The predicted molar refractivity (Wildman–Crippen MR) is 122 cm³/mol. The minimum atomic E-state index is -0.908. The van der Waals surface area contributed by atoms with Crippen molar-refractivity contribution in [2.24, 2.45) is 0 Å². The number of carbonyl (C=O) groups is 1. The van der Waals surface area contributed by atoms with Gasteiger partial charge < -0.3 is 15.0 Å². The maximum Gasteiger partial charge on any atom is 0.224 e. The molecule has 0 bridgehead atoms. The monoisotopic (exact) mass is 424 g/mol. The van der Waals surface area contributed by atoms with Crippen molar-refractivity contribution in [1.82, 2.24) is 4.98 Å². The van der Waals surface area contributed by atoms with Gasteiger partial charge in [0, 0.05) is 64.2 Å². The van der Waals surface area contributed by atoms with Crippen molar-refractivity contribution in [2.75, 3.05) is 18.5 Å². The van der Waals surface area contributed by atoms with Gasteiger partial charge in [0.05, 0.1) is 0 Å². The number of fused-ring (bicyclic) bond motifs is 1. The second kappa shape index (κ2) is 10.0. The Morgan fingerprint density at radius 3 is 2.83 bits per heavy atom. The smallest absolute Gasteiger partial charge is 0.224 e. The van der Waals surface area contributed by atoms with Crippen LogP contribution in [0.1, 0.15) is 36.8 Å². The van der Waals surface area contributed by atoms with Crippen LogP contribution in [0.3, 0.4) is 0 Å². The van der Waals surface area contributed by atoms with Crippen LogP contribution in [0.15, 0.2) is 54.7 Å². The molecule has 0 saturated carbocycles. The Morgan fingerprint density at radius 2 is 1.97 bits per heavy atom. The molecule has 1 amide bonds. The summed E-state index contributed by atoms with van der Waals surface area (Å²) in [7, 11) is -0.908. The SMILES string of the molecule is O=C(CCCc1c[nH]c2ccccc12)Nc1cccc(CS(=O)C2CCOCC2)c1. The Bertz CT molecular complexity index is 1020. The zero-order valence-electron chi connectivity index (χ0n) is 17.1. The van der Waals surface area contributed by atoms with Gasteiger partial charge in [-0.25, -0.2) is 0 Å². The van der Waals surface area contributed by atoms with E-state index >= 15 is 0 Å². The highest BCUT2D eigenvalue weighted by atomic mass is 32.2. The van der Waals surface area contributed by atoms with Gasteiger partial charge in [-0.1, -0.05) is 30.3 Å². The Morgan fingerprint density at radius 1 is 1.13 bits per heavy atom. The van der Waals surface area contributed by atoms with Gasteiger partial charge in [0.15, 0.2) is 0 Å². The van der Waals surface area contributed by atoms with Gasteiger partial charge >= 0.3 is 0 Å². The van der Waals surface area contributed by atoms with Crippen molar-refractivity contribution in [3.63, 3.8) is 0 Å². The molecule has 2 N–H and O–H groups in total. The number of benzene rings is 2. The number of H-pyrrole nitrogens is 1. The summed E-state index contributed by atoms with van der Waals surface area (Å²) in [5, 5.41) is 4.42. The highest BCUT2D eigenvalue weighted by Crippen LogP contribution is 2.21. The molecule has 3 aromatic rings. The molecule has 0 radical (unpaired) electrons. The maximum absolute atomic E-state index is 12.6. The molecule has 1 aliphatic rings. The summed E-state index contributed by atoms with van der Waals surface area (Å²) in [5.74, 6) is 0.534. The summed E-state index contributed by atoms with van der Waals surface area (Å²) >= 11 is 0. The molecule has 1 unspecified atom stereocenters. The third kappa shape index (κ3) is 5.37. The van der Waals surface area contributed by atoms with E-state index in [0.29, 0.717) is 25.4 Å². The molecule has 1 fully saturated rings. The summed E-state index contributed by atoms with van der Waals surface area (Å²) in [5.41, 5.74) is 4.15. The maximum atomic E-state index is 12.6. The van der Waals surface area contributed by atoms with Crippen LogP contribution >= 0.6 is 0 Å². The number of hydrogen-bond acceptors (Lipinski definition) is 3. The molecule has 1 atom stereocenters. The molecule has 0 spiro atoms. The molecule has 1 saturated heterocycles. The standard InChI is InChI=1S/C24H28N2O3S/c27-24(10-4-6-19-16-25-23-9-2-1-8-22(19)23)26-20-7-3-5-18(15-20)17-30(28)21-11-13-29-14-12-21/h1-3,5,7-9,15-16,21,25H,4,6,10-14,17H2,(H,26,27). The van der Waals surface area contributed by atoms with E-state index in [4.69, 9.17) is 4.74 Å². The largest absolute Gasteiger partial charge is 0.381 e. The van der Waals surface area contributed by atoms with E-state index in [1.807, 2.05) is 42.6 Å². The van der Waals surface area contributed by atoms with Crippen LogP contribution in [0, 0.1) is 0 Å². The van der Waals surface area contributed by atoms with Crippen LogP contribution in [-0.4, -0.2) is 33.6 Å². The van der Waals surface area contributed by atoms with Crippen molar-refractivity contribution in [3.8, 4) is 0 Å². The number of nitrogens with one attached hydrogen (secondary N) is 2. The van der Waals surface area contributed by atoms with E-state index in [2.05, 4.69) is 22.4 Å². The van der Waals surface area contributed by atoms with E-state index in [1.54, 1.807) is 0 Å². The van der Waals surface area contributed by atoms with E-state index in [9.17, 15) is 9.00 Å². The normalized spacial score (nSPS) is 15.9. The lowest BCUT2D eigenvalue weighted by molar-refractivity contribution is -0.116. The number of ether oxygens (including phenoxy) is 1. The predicted octanol–water partition coefficient (Wildman–Crippen LogP) is 4.56. The summed E-state index contributed by atoms with van der Waals surface area (Å²) in [6, 6.07) is 15.9. The average molecular weight is 425 g/mol.